The van der Waals surface area contributed by atoms with Gasteiger partial charge in [0.15, 0.2) is 10.8 Å². The molecule has 2 aromatic heterocycles. The topological polar surface area (TPSA) is 88.1 Å². The van der Waals surface area contributed by atoms with Gasteiger partial charge in [-0.3, -0.25) is 4.79 Å². The standard InChI is InChI=1S/C16H13N3O3S/c1-7-3-4-11-8(5-7)12-9(15(21)22-11)6-10-13(17-12)18-16(23-2)19-14(10)20/h3-6,15,21H,1-2H3,(H,17,18,19,20)/t15-/m0/s1. The van der Waals surface area contributed by atoms with Crippen LogP contribution in [0.3, 0.4) is 0 Å². The molecule has 1 aliphatic rings. The first-order valence-corrected chi connectivity index (χ1v) is 8.24. The molecule has 0 saturated heterocycles. The summed E-state index contributed by atoms with van der Waals surface area (Å²) in [4.78, 5) is 23.8. The SMILES string of the molecule is CSc1nc2nc3c(cc2c(=O)[nH]1)[C@@H](O)Oc1ccc(C)cc1-3. The maximum atomic E-state index is 12.2. The number of aromatic amines is 1. The molecule has 2 N–H and O–H groups in total. The fourth-order valence-electron chi connectivity index (χ4n) is 2.68. The lowest BCUT2D eigenvalue weighted by Gasteiger charge is -2.24. The predicted molar refractivity (Wildman–Crippen MR) is 87.7 cm³/mol. The molecule has 0 amide bonds. The van der Waals surface area contributed by atoms with E-state index in [1.807, 2.05) is 25.3 Å². The van der Waals surface area contributed by atoms with Crippen LogP contribution in [-0.2, 0) is 0 Å². The first-order valence-electron chi connectivity index (χ1n) is 7.01. The van der Waals surface area contributed by atoms with Gasteiger partial charge in [0.25, 0.3) is 5.56 Å². The van der Waals surface area contributed by atoms with Crippen LogP contribution in [0.1, 0.15) is 17.4 Å². The number of hydrogen-bond acceptors (Lipinski definition) is 6. The number of aromatic nitrogens is 3. The molecule has 1 aliphatic heterocycles. The molecule has 1 atom stereocenters. The number of hydrogen-bond donors (Lipinski definition) is 2. The number of aliphatic hydroxyl groups excluding tert-OH is 1. The van der Waals surface area contributed by atoms with Crippen molar-refractivity contribution in [2.45, 2.75) is 18.4 Å². The van der Waals surface area contributed by atoms with E-state index in [9.17, 15) is 9.90 Å². The van der Waals surface area contributed by atoms with Gasteiger partial charge in [0.05, 0.1) is 11.1 Å². The molecule has 3 heterocycles. The Morgan fingerprint density at radius 2 is 2.13 bits per heavy atom. The number of H-pyrrole nitrogens is 1. The van der Waals surface area contributed by atoms with Crippen LogP contribution in [0.4, 0.5) is 0 Å². The van der Waals surface area contributed by atoms with Gasteiger partial charge in [-0.15, -0.1) is 0 Å². The molecule has 0 saturated carbocycles. The minimum atomic E-state index is -1.16. The van der Waals surface area contributed by atoms with Crippen LogP contribution in [0.15, 0.2) is 34.2 Å². The number of nitrogens with zero attached hydrogens (tertiary/aromatic N) is 2. The van der Waals surface area contributed by atoms with Gasteiger partial charge >= 0.3 is 0 Å². The maximum Gasteiger partial charge on any atom is 0.261 e. The van der Waals surface area contributed by atoms with Crippen LogP contribution in [0.5, 0.6) is 5.75 Å². The number of pyridine rings is 1. The molecular weight excluding hydrogens is 314 g/mol. The molecule has 0 aliphatic carbocycles. The van der Waals surface area contributed by atoms with Crippen molar-refractivity contribution in [3.8, 4) is 17.0 Å². The number of aryl methyl sites for hydroxylation is 1. The number of rotatable bonds is 1. The highest BCUT2D eigenvalue weighted by Crippen LogP contribution is 2.41. The molecular formula is C16H13N3O3S. The van der Waals surface area contributed by atoms with Crippen molar-refractivity contribution in [3.05, 3.63) is 45.7 Å². The number of nitrogens with one attached hydrogen (secondary N) is 1. The number of fused-ring (bicyclic) bond motifs is 4. The third-order valence-corrected chi connectivity index (χ3v) is 4.37. The zero-order chi connectivity index (χ0) is 16.1. The summed E-state index contributed by atoms with van der Waals surface area (Å²) in [6.45, 7) is 1.97. The van der Waals surface area contributed by atoms with Crippen LogP contribution < -0.4 is 10.3 Å². The number of benzene rings is 1. The lowest BCUT2D eigenvalue weighted by Crippen LogP contribution is -2.17. The molecule has 0 radical (unpaired) electrons. The fraction of sp³-hybridized carbons (Fsp3) is 0.188. The molecule has 3 aromatic rings. The lowest BCUT2D eigenvalue weighted by atomic mass is 9.99. The van der Waals surface area contributed by atoms with Crippen LogP contribution >= 0.6 is 11.8 Å². The minimum Gasteiger partial charge on any atom is -0.460 e. The van der Waals surface area contributed by atoms with Crippen LogP contribution in [-0.4, -0.2) is 26.3 Å². The zero-order valence-electron chi connectivity index (χ0n) is 12.5. The van der Waals surface area contributed by atoms with Gasteiger partial charge in [-0.2, -0.15) is 0 Å². The van der Waals surface area contributed by atoms with Gasteiger partial charge < -0.3 is 14.8 Å². The molecule has 1 aromatic carbocycles. The van der Waals surface area contributed by atoms with Crippen molar-refractivity contribution in [2.24, 2.45) is 0 Å². The van der Waals surface area contributed by atoms with Crippen molar-refractivity contribution < 1.29 is 9.84 Å². The van der Waals surface area contributed by atoms with Crippen molar-refractivity contribution >= 4 is 22.8 Å². The zero-order valence-corrected chi connectivity index (χ0v) is 13.3. The summed E-state index contributed by atoms with van der Waals surface area (Å²) in [5.74, 6) is 0.567. The van der Waals surface area contributed by atoms with E-state index in [4.69, 9.17) is 4.74 Å². The Hall–Kier alpha value is -2.38. The number of thioether (sulfide) groups is 1. The highest BCUT2D eigenvalue weighted by atomic mass is 32.2. The van der Waals surface area contributed by atoms with Crippen LogP contribution in [0, 0.1) is 6.92 Å². The second kappa shape index (κ2) is 5.07. The van der Waals surface area contributed by atoms with E-state index in [0.29, 0.717) is 33.2 Å². The molecule has 0 bridgehead atoms. The number of ether oxygens (including phenoxy) is 1. The van der Waals surface area contributed by atoms with E-state index < -0.39 is 6.29 Å². The molecule has 0 unspecified atom stereocenters. The second-order valence-corrected chi connectivity index (χ2v) is 6.14. The molecule has 116 valence electrons. The minimum absolute atomic E-state index is 0.281. The first-order chi connectivity index (χ1) is 11.1. The van der Waals surface area contributed by atoms with Gasteiger partial charge in [-0.1, -0.05) is 23.4 Å². The lowest BCUT2D eigenvalue weighted by molar-refractivity contribution is -0.0215. The largest absolute Gasteiger partial charge is 0.460 e. The Kier molecular flexibility index (Phi) is 3.14. The predicted octanol–water partition coefficient (Wildman–Crippen LogP) is 2.40. The summed E-state index contributed by atoms with van der Waals surface area (Å²) in [6, 6.07) is 7.26. The van der Waals surface area contributed by atoms with E-state index in [1.54, 1.807) is 12.1 Å². The Bertz CT molecular complexity index is 1000. The van der Waals surface area contributed by atoms with Gasteiger partial charge in [0.1, 0.15) is 5.75 Å². The fourth-order valence-corrected chi connectivity index (χ4v) is 3.05. The Morgan fingerprint density at radius 1 is 1.30 bits per heavy atom. The Labute approximate surface area is 135 Å². The monoisotopic (exact) mass is 327 g/mol. The normalized spacial score (nSPS) is 15.9. The highest BCUT2D eigenvalue weighted by molar-refractivity contribution is 7.98. The van der Waals surface area contributed by atoms with Crippen molar-refractivity contribution in [3.63, 3.8) is 0 Å². The summed E-state index contributed by atoms with van der Waals surface area (Å²) in [7, 11) is 0. The second-order valence-electron chi connectivity index (χ2n) is 5.34. The first kappa shape index (κ1) is 14.2. The van der Waals surface area contributed by atoms with Gasteiger partial charge in [0.2, 0.25) is 6.29 Å². The smallest absolute Gasteiger partial charge is 0.261 e. The van der Waals surface area contributed by atoms with Gasteiger partial charge in [-0.25, -0.2) is 9.97 Å². The Balaban J connectivity index is 2.07. The van der Waals surface area contributed by atoms with Crippen molar-refractivity contribution in [1.29, 1.82) is 0 Å². The Morgan fingerprint density at radius 3 is 2.91 bits per heavy atom. The molecule has 7 heteroatoms. The molecule has 6 nitrogen and oxygen atoms in total. The summed E-state index contributed by atoms with van der Waals surface area (Å²) in [5.41, 5.74) is 3.00. The average molecular weight is 327 g/mol. The van der Waals surface area contributed by atoms with E-state index in [-0.39, 0.29) is 5.56 Å². The van der Waals surface area contributed by atoms with E-state index >= 15 is 0 Å². The molecule has 23 heavy (non-hydrogen) atoms. The summed E-state index contributed by atoms with van der Waals surface area (Å²) in [5, 5.41) is 11.1. The summed E-state index contributed by atoms with van der Waals surface area (Å²) < 4.78 is 5.53. The highest BCUT2D eigenvalue weighted by Gasteiger charge is 2.27. The molecule has 0 fully saturated rings. The van der Waals surface area contributed by atoms with E-state index in [2.05, 4.69) is 15.0 Å². The van der Waals surface area contributed by atoms with Crippen molar-refractivity contribution in [1.82, 2.24) is 15.0 Å². The summed E-state index contributed by atoms with van der Waals surface area (Å²) in [6.07, 6.45) is 0.676. The van der Waals surface area contributed by atoms with Gasteiger partial charge in [-0.05, 0) is 31.4 Å². The quantitative estimate of drug-likeness (QED) is 0.527. The molecule has 0 spiro atoms. The van der Waals surface area contributed by atoms with E-state index in [1.165, 1.54) is 11.8 Å². The maximum absolute atomic E-state index is 12.2. The third kappa shape index (κ3) is 2.20. The molecule has 4 rings (SSSR count). The third-order valence-electron chi connectivity index (χ3n) is 3.79. The van der Waals surface area contributed by atoms with E-state index in [0.717, 1.165) is 11.1 Å². The van der Waals surface area contributed by atoms with Crippen LogP contribution in [0.2, 0.25) is 0 Å². The van der Waals surface area contributed by atoms with Crippen LogP contribution in [0.25, 0.3) is 22.3 Å². The average Bonchev–Trinajstić information content (AvgIpc) is 2.54. The summed E-state index contributed by atoms with van der Waals surface area (Å²) >= 11 is 1.34. The van der Waals surface area contributed by atoms with Gasteiger partial charge in [0, 0.05) is 11.1 Å². The van der Waals surface area contributed by atoms with Crippen molar-refractivity contribution in [2.75, 3.05) is 6.26 Å². The number of aliphatic hydroxyl groups is 1.